The van der Waals surface area contributed by atoms with Gasteiger partial charge < -0.3 is 5.32 Å². The fraction of sp³-hybridized carbons (Fsp3) is 1.00. The molecular formula is C11H22ClN. The van der Waals surface area contributed by atoms with Crippen molar-refractivity contribution in [1.82, 2.24) is 5.32 Å². The van der Waals surface area contributed by atoms with Crippen LogP contribution in [0, 0.1) is 16.7 Å². The van der Waals surface area contributed by atoms with E-state index >= 15 is 0 Å². The monoisotopic (exact) mass is 203 g/mol. The van der Waals surface area contributed by atoms with Gasteiger partial charge in [0.15, 0.2) is 0 Å². The van der Waals surface area contributed by atoms with Crippen LogP contribution in [0.4, 0.5) is 0 Å². The van der Waals surface area contributed by atoms with Crippen molar-refractivity contribution in [2.24, 2.45) is 16.7 Å². The predicted molar refractivity (Wildman–Crippen MR) is 59.3 cm³/mol. The Balaban J connectivity index is 0.000000845. The second-order valence-electron chi connectivity index (χ2n) is 5.45. The van der Waals surface area contributed by atoms with Crippen molar-refractivity contribution in [2.75, 3.05) is 7.05 Å². The van der Waals surface area contributed by atoms with E-state index in [9.17, 15) is 0 Å². The Kier molecular flexibility index (Phi) is 2.73. The van der Waals surface area contributed by atoms with E-state index in [1.54, 1.807) is 0 Å². The molecule has 0 amide bonds. The van der Waals surface area contributed by atoms with Crippen LogP contribution in [0.1, 0.15) is 40.0 Å². The molecule has 2 rings (SSSR count). The molecular weight excluding hydrogens is 182 g/mol. The van der Waals surface area contributed by atoms with Crippen molar-refractivity contribution >= 4 is 12.4 Å². The van der Waals surface area contributed by atoms with E-state index in [2.05, 4.69) is 33.1 Å². The summed E-state index contributed by atoms with van der Waals surface area (Å²) in [6.45, 7) is 7.39. The largest absolute Gasteiger partial charge is 0.316 e. The number of hydrogen-bond donors (Lipinski definition) is 1. The van der Waals surface area contributed by atoms with Crippen molar-refractivity contribution in [2.45, 2.75) is 46.1 Å². The molecule has 2 saturated carbocycles. The Bertz CT molecular complexity index is 202. The Morgan fingerprint density at radius 2 is 1.85 bits per heavy atom. The summed E-state index contributed by atoms with van der Waals surface area (Å²) < 4.78 is 0. The molecule has 2 fully saturated rings. The smallest absolute Gasteiger partial charge is 0.0126 e. The molecule has 1 nitrogen and oxygen atoms in total. The molecule has 0 aromatic rings. The molecule has 78 valence electrons. The molecule has 0 aromatic carbocycles. The number of hydrogen-bond acceptors (Lipinski definition) is 1. The number of fused-ring (bicyclic) bond motifs is 2. The lowest BCUT2D eigenvalue weighted by Gasteiger charge is -2.39. The molecule has 13 heavy (non-hydrogen) atoms. The normalized spacial score (nSPS) is 46.2. The first-order chi connectivity index (χ1) is 5.52. The molecule has 0 spiro atoms. The van der Waals surface area contributed by atoms with E-state index in [4.69, 9.17) is 0 Å². The van der Waals surface area contributed by atoms with Crippen LogP contribution in [0.3, 0.4) is 0 Å². The number of rotatable bonds is 1. The van der Waals surface area contributed by atoms with E-state index in [1.165, 1.54) is 19.3 Å². The molecule has 0 heterocycles. The van der Waals surface area contributed by atoms with Crippen LogP contribution < -0.4 is 5.32 Å². The fourth-order valence-electron chi connectivity index (χ4n) is 3.64. The van der Waals surface area contributed by atoms with E-state index in [-0.39, 0.29) is 12.4 Å². The standard InChI is InChI=1S/C11H21N.ClH/c1-10(2)8-5-6-11(10,3)9(7-8)12-4;/h8-9,12H,5-7H2,1-4H3;1H/t8-,9+,11+;/m1./s1. The van der Waals surface area contributed by atoms with Crippen molar-refractivity contribution in [3.63, 3.8) is 0 Å². The second-order valence-corrected chi connectivity index (χ2v) is 5.45. The highest BCUT2D eigenvalue weighted by molar-refractivity contribution is 5.85. The highest BCUT2D eigenvalue weighted by Crippen LogP contribution is 2.65. The third kappa shape index (κ3) is 1.16. The molecule has 0 aliphatic heterocycles. The third-order valence-electron chi connectivity index (χ3n) is 5.14. The van der Waals surface area contributed by atoms with Crippen molar-refractivity contribution < 1.29 is 0 Å². The summed E-state index contributed by atoms with van der Waals surface area (Å²) >= 11 is 0. The zero-order chi connectivity index (χ0) is 8.98. The van der Waals surface area contributed by atoms with Crippen LogP contribution in [-0.2, 0) is 0 Å². The van der Waals surface area contributed by atoms with Gasteiger partial charge in [0.25, 0.3) is 0 Å². The maximum absolute atomic E-state index is 3.49. The maximum Gasteiger partial charge on any atom is 0.0126 e. The highest BCUT2D eigenvalue weighted by atomic mass is 35.5. The van der Waals surface area contributed by atoms with Crippen molar-refractivity contribution in [3.05, 3.63) is 0 Å². The first kappa shape index (κ1) is 11.3. The van der Waals surface area contributed by atoms with Crippen LogP contribution >= 0.6 is 12.4 Å². The lowest BCUT2D eigenvalue weighted by molar-refractivity contribution is 0.125. The molecule has 3 atom stereocenters. The van der Waals surface area contributed by atoms with Crippen LogP contribution in [0.5, 0.6) is 0 Å². The lowest BCUT2D eigenvalue weighted by atomic mass is 9.69. The van der Waals surface area contributed by atoms with Gasteiger partial charge in [-0.2, -0.15) is 0 Å². The summed E-state index contributed by atoms with van der Waals surface area (Å²) in [5, 5.41) is 3.49. The van der Waals surface area contributed by atoms with Crippen LogP contribution in [0.25, 0.3) is 0 Å². The Morgan fingerprint density at radius 3 is 2.08 bits per heavy atom. The topological polar surface area (TPSA) is 12.0 Å². The van der Waals surface area contributed by atoms with Crippen LogP contribution in [0.15, 0.2) is 0 Å². The molecule has 1 N–H and O–H groups in total. The summed E-state index contributed by atoms with van der Waals surface area (Å²) in [6.07, 6.45) is 4.29. The quantitative estimate of drug-likeness (QED) is 0.691. The van der Waals surface area contributed by atoms with Gasteiger partial charge in [-0.15, -0.1) is 12.4 Å². The number of nitrogens with one attached hydrogen (secondary N) is 1. The number of halogens is 1. The van der Waals surface area contributed by atoms with E-state index < -0.39 is 0 Å². The average molecular weight is 204 g/mol. The van der Waals surface area contributed by atoms with Crippen molar-refractivity contribution in [1.29, 1.82) is 0 Å². The van der Waals surface area contributed by atoms with Gasteiger partial charge in [-0.05, 0) is 43.1 Å². The van der Waals surface area contributed by atoms with E-state index in [0.717, 1.165) is 12.0 Å². The summed E-state index contributed by atoms with van der Waals surface area (Å²) in [7, 11) is 2.12. The first-order valence-electron chi connectivity index (χ1n) is 5.19. The molecule has 0 unspecified atom stereocenters. The van der Waals surface area contributed by atoms with Gasteiger partial charge in [-0.25, -0.2) is 0 Å². The summed E-state index contributed by atoms with van der Waals surface area (Å²) in [4.78, 5) is 0. The minimum absolute atomic E-state index is 0. The van der Waals surface area contributed by atoms with E-state index in [1.807, 2.05) is 0 Å². The van der Waals surface area contributed by atoms with Gasteiger partial charge in [-0.3, -0.25) is 0 Å². The van der Waals surface area contributed by atoms with Crippen molar-refractivity contribution in [3.8, 4) is 0 Å². The van der Waals surface area contributed by atoms with Crippen LogP contribution in [0.2, 0.25) is 0 Å². The van der Waals surface area contributed by atoms with Gasteiger partial charge in [0.2, 0.25) is 0 Å². The average Bonchev–Trinajstić information content (AvgIpc) is 2.34. The zero-order valence-corrected chi connectivity index (χ0v) is 10.0. The van der Waals surface area contributed by atoms with Gasteiger partial charge in [0.05, 0.1) is 0 Å². The molecule has 0 radical (unpaired) electrons. The summed E-state index contributed by atoms with van der Waals surface area (Å²) in [5.41, 5.74) is 1.13. The minimum Gasteiger partial charge on any atom is -0.316 e. The van der Waals surface area contributed by atoms with Gasteiger partial charge in [0, 0.05) is 6.04 Å². The van der Waals surface area contributed by atoms with Crippen LogP contribution in [-0.4, -0.2) is 13.1 Å². The van der Waals surface area contributed by atoms with Gasteiger partial charge >= 0.3 is 0 Å². The molecule has 0 aromatic heterocycles. The zero-order valence-electron chi connectivity index (χ0n) is 9.18. The second kappa shape index (κ2) is 3.13. The molecule has 2 bridgehead atoms. The predicted octanol–water partition coefficient (Wildman–Crippen LogP) is 2.84. The SMILES string of the molecule is CN[C@H]1C[C@H]2CC[C@]1(C)C2(C)C.Cl. The molecule has 2 heteroatoms. The summed E-state index contributed by atoms with van der Waals surface area (Å²) in [5.74, 6) is 0.972. The highest BCUT2D eigenvalue weighted by Gasteiger charge is 2.60. The third-order valence-corrected chi connectivity index (χ3v) is 5.14. The lowest BCUT2D eigenvalue weighted by Crippen LogP contribution is -2.42. The molecule has 2 aliphatic rings. The Morgan fingerprint density at radius 1 is 1.23 bits per heavy atom. The fourth-order valence-corrected chi connectivity index (χ4v) is 3.64. The van der Waals surface area contributed by atoms with Gasteiger partial charge in [0.1, 0.15) is 0 Å². The Hall–Kier alpha value is 0.250. The first-order valence-corrected chi connectivity index (χ1v) is 5.19. The Labute approximate surface area is 88.1 Å². The van der Waals surface area contributed by atoms with E-state index in [0.29, 0.717) is 10.8 Å². The maximum atomic E-state index is 3.49. The minimum atomic E-state index is 0. The summed E-state index contributed by atoms with van der Waals surface area (Å²) in [6, 6.07) is 0.770. The molecule has 0 saturated heterocycles. The molecule has 2 aliphatic carbocycles. The van der Waals surface area contributed by atoms with Gasteiger partial charge in [-0.1, -0.05) is 20.8 Å².